The van der Waals surface area contributed by atoms with E-state index in [4.69, 9.17) is 4.74 Å². The van der Waals surface area contributed by atoms with Crippen LogP contribution < -0.4 is 15.4 Å². The minimum atomic E-state index is 0.0147. The molecule has 0 spiro atoms. The first-order valence-corrected chi connectivity index (χ1v) is 6.97. The van der Waals surface area contributed by atoms with Crippen LogP contribution in [0.1, 0.15) is 26.3 Å². The molecule has 0 bridgehead atoms. The van der Waals surface area contributed by atoms with Crippen LogP contribution in [-0.4, -0.2) is 30.7 Å². The molecule has 0 saturated carbocycles. The Morgan fingerprint density at radius 3 is 2.75 bits per heavy atom. The van der Waals surface area contributed by atoms with Gasteiger partial charge in [-0.2, -0.15) is 0 Å². The fraction of sp³-hybridized carbons (Fsp3) is 0.533. The Morgan fingerprint density at radius 2 is 2.10 bits per heavy atom. The maximum atomic E-state index is 11.3. The van der Waals surface area contributed by atoms with E-state index < -0.39 is 0 Å². The zero-order chi connectivity index (χ0) is 15.0. The molecule has 1 aromatic carbocycles. The number of nitrogens with one attached hydrogen (secondary N) is 2. The molecule has 1 amide bonds. The number of phenolic OH excluding ortho intramolecular Hbond substituents is 1. The van der Waals surface area contributed by atoms with Crippen molar-refractivity contribution in [3.8, 4) is 11.5 Å². The Labute approximate surface area is 120 Å². The molecule has 0 aliphatic heterocycles. The lowest BCUT2D eigenvalue weighted by molar-refractivity contribution is -0.123. The van der Waals surface area contributed by atoms with Gasteiger partial charge in [-0.15, -0.1) is 0 Å². The molecule has 0 saturated heterocycles. The van der Waals surface area contributed by atoms with Crippen LogP contribution in [0.25, 0.3) is 0 Å². The van der Waals surface area contributed by atoms with Gasteiger partial charge in [-0.05, 0) is 24.6 Å². The summed E-state index contributed by atoms with van der Waals surface area (Å²) in [6.45, 7) is 8.10. The first-order valence-electron chi connectivity index (χ1n) is 6.97. The molecule has 0 atom stereocenters. The average molecular weight is 280 g/mol. The van der Waals surface area contributed by atoms with Crippen LogP contribution in [0.2, 0.25) is 0 Å². The first-order chi connectivity index (χ1) is 9.54. The molecular weight excluding hydrogens is 256 g/mol. The summed E-state index contributed by atoms with van der Waals surface area (Å²) in [5.74, 6) is 0.732. The molecule has 112 valence electrons. The highest BCUT2D eigenvalue weighted by molar-refractivity contribution is 5.77. The van der Waals surface area contributed by atoms with Crippen LogP contribution in [0.5, 0.6) is 11.5 Å². The largest absolute Gasteiger partial charge is 0.504 e. The summed E-state index contributed by atoms with van der Waals surface area (Å²) in [4.78, 5) is 11.3. The third kappa shape index (κ3) is 5.48. The quantitative estimate of drug-likeness (QED) is 0.633. The van der Waals surface area contributed by atoms with E-state index in [2.05, 4.69) is 10.6 Å². The minimum absolute atomic E-state index is 0.0147. The van der Waals surface area contributed by atoms with Gasteiger partial charge in [0, 0.05) is 25.6 Å². The Kier molecular flexibility index (Phi) is 6.87. The number of carbonyl (C=O) groups is 1. The van der Waals surface area contributed by atoms with Gasteiger partial charge in [-0.25, -0.2) is 0 Å². The molecule has 5 nitrogen and oxygen atoms in total. The van der Waals surface area contributed by atoms with Crippen LogP contribution >= 0.6 is 0 Å². The zero-order valence-electron chi connectivity index (χ0n) is 12.4. The molecule has 0 aliphatic carbocycles. The second-order valence-electron chi connectivity index (χ2n) is 4.86. The van der Waals surface area contributed by atoms with Gasteiger partial charge in [0.05, 0.1) is 6.61 Å². The normalized spacial score (nSPS) is 10.6. The highest BCUT2D eigenvalue weighted by atomic mass is 16.5. The topological polar surface area (TPSA) is 70.6 Å². The number of amides is 1. The van der Waals surface area contributed by atoms with Gasteiger partial charge in [0.15, 0.2) is 11.5 Å². The molecule has 3 N–H and O–H groups in total. The van der Waals surface area contributed by atoms with Crippen molar-refractivity contribution >= 4 is 5.91 Å². The van der Waals surface area contributed by atoms with E-state index in [1.54, 1.807) is 6.07 Å². The number of carbonyl (C=O) groups excluding carboxylic acids is 1. The van der Waals surface area contributed by atoms with E-state index in [1.165, 1.54) is 0 Å². The average Bonchev–Trinajstić information content (AvgIpc) is 2.41. The molecule has 0 heterocycles. The summed E-state index contributed by atoms with van der Waals surface area (Å²) in [6.07, 6.45) is 0. The van der Waals surface area contributed by atoms with Gasteiger partial charge in [0.2, 0.25) is 5.91 Å². The van der Waals surface area contributed by atoms with Gasteiger partial charge >= 0.3 is 0 Å². The molecule has 1 rings (SSSR count). The van der Waals surface area contributed by atoms with Gasteiger partial charge in [0.1, 0.15) is 0 Å². The third-order valence-corrected chi connectivity index (χ3v) is 2.78. The molecule has 0 fully saturated rings. The molecule has 1 aromatic rings. The molecule has 0 aromatic heterocycles. The summed E-state index contributed by atoms with van der Waals surface area (Å²) in [6, 6.07) is 5.29. The molecular formula is C15H24N2O3. The number of hydrogen-bond donors (Lipinski definition) is 3. The predicted molar refractivity (Wildman–Crippen MR) is 78.8 cm³/mol. The van der Waals surface area contributed by atoms with E-state index in [1.807, 2.05) is 32.9 Å². The maximum absolute atomic E-state index is 11.3. The lowest BCUT2D eigenvalue weighted by Gasteiger charge is -2.10. The van der Waals surface area contributed by atoms with Crippen molar-refractivity contribution in [1.82, 2.24) is 10.6 Å². The van der Waals surface area contributed by atoms with E-state index in [-0.39, 0.29) is 17.6 Å². The highest BCUT2D eigenvalue weighted by Crippen LogP contribution is 2.26. The van der Waals surface area contributed by atoms with Crippen LogP contribution in [0, 0.1) is 5.92 Å². The molecule has 0 unspecified atom stereocenters. The number of phenols is 1. The van der Waals surface area contributed by atoms with Crippen molar-refractivity contribution in [3.63, 3.8) is 0 Å². The fourth-order valence-corrected chi connectivity index (χ4v) is 1.65. The lowest BCUT2D eigenvalue weighted by atomic mass is 10.2. The van der Waals surface area contributed by atoms with Crippen molar-refractivity contribution < 1.29 is 14.6 Å². The Hall–Kier alpha value is -1.75. The minimum Gasteiger partial charge on any atom is -0.504 e. The van der Waals surface area contributed by atoms with Crippen molar-refractivity contribution in [2.45, 2.75) is 27.3 Å². The van der Waals surface area contributed by atoms with E-state index in [9.17, 15) is 9.90 Å². The SMILES string of the molecule is CCOc1cc(CNCCNC(=O)C(C)C)ccc1O. The van der Waals surface area contributed by atoms with E-state index >= 15 is 0 Å². The van der Waals surface area contributed by atoms with Crippen LogP contribution in [0.15, 0.2) is 18.2 Å². The van der Waals surface area contributed by atoms with Crippen molar-refractivity contribution in [2.24, 2.45) is 5.92 Å². The molecule has 0 radical (unpaired) electrons. The van der Waals surface area contributed by atoms with Crippen molar-refractivity contribution in [3.05, 3.63) is 23.8 Å². The Bertz CT molecular complexity index is 433. The van der Waals surface area contributed by atoms with Crippen molar-refractivity contribution in [1.29, 1.82) is 0 Å². The Morgan fingerprint density at radius 1 is 1.35 bits per heavy atom. The highest BCUT2D eigenvalue weighted by Gasteiger charge is 2.05. The standard InChI is InChI=1S/C15H24N2O3/c1-4-20-14-9-12(5-6-13(14)18)10-16-7-8-17-15(19)11(2)3/h5-6,9,11,16,18H,4,7-8,10H2,1-3H3,(H,17,19). The summed E-state index contributed by atoms with van der Waals surface area (Å²) in [7, 11) is 0. The number of hydrogen-bond acceptors (Lipinski definition) is 4. The zero-order valence-corrected chi connectivity index (χ0v) is 12.4. The number of ether oxygens (including phenoxy) is 1. The monoisotopic (exact) mass is 280 g/mol. The smallest absolute Gasteiger partial charge is 0.222 e. The van der Waals surface area contributed by atoms with Gasteiger partial charge in [-0.1, -0.05) is 19.9 Å². The third-order valence-electron chi connectivity index (χ3n) is 2.78. The van der Waals surface area contributed by atoms with Crippen molar-refractivity contribution in [2.75, 3.05) is 19.7 Å². The number of benzene rings is 1. The van der Waals surface area contributed by atoms with Gasteiger partial charge in [-0.3, -0.25) is 4.79 Å². The maximum Gasteiger partial charge on any atom is 0.222 e. The predicted octanol–water partition coefficient (Wildman–Crippen LogP) is 1.65. The lowest BCUT2D eigenvalue weighted by Crippen LogP contribution is -2.34. The van der Waals surface area contributed by atoms with Gasteiger partial charge < -0.3 is 20.5 Å². The second-order valence-corrected chi connectivity index (χ2v) is 4.86. The number of rotatable bonds is 8. The molecule has 5 heteroatoms. The van der Waals surface area contributed by atoms with E-state index in [0.29, 0.717) is 32.0 Å². The second kappa shape index (κ2) is 8.43. The Balaban J connectivity index is 2.32. The summed E-state index contributed by atoms with van der Waals surface area (Å²) in [5, 5.41) is 15.7. The summed E-state index contributed by atoms with van der Waals surface area (Å²) < 4.78 is 5.33. The summed E-state index contributed by atoms with van der Waals surface area (Å²) in [5.41, 5.74) is 1.03. The van der Waals surface area contributed by atoms with E-state index in [0.717, 1.165) is 5.56 Å². The van der Waals surface area contributed by atoms with Crippen LogP contribution in [-0.2, 0) is 11.3 Å². The first kappa shape index (κ1) is 16.3. The molecule has 0 aliphatic rings. The van der Waals surface area contributed by atoms with Crippen LogP contribution in [0.4, 0.5) is 0 Å². The molecule has 20 heavy (non-hydrogen) atoms. The number of aromatic hydroxyl groups is 1. The van der Waals surface area contributed by atoms with Gasteiger partial charge in [0.25, 0.3) is 0 Å². The summed E-state index contributed by atoms with van der Waals surface area (Å²) >= 11 is 0. The fourth-order valence-electron chi connectivity index (χ4n) is 1.65. The van der Waals surface area contributed by atoms with Crippen LogP contribution in [0.3, 0.4) is 0 Å².